The van der Waals surface area contributed by atoms with E-state index in [4.69, 9.17) is 4.74 Å². The van der Waals surface area contributed by atoms with E-state index in [9.17, 15) is 4.79 Å². The number of ether oxygens (including phenoxy) is 1. The fraction of sp³-hybridized carbons (Fsp3) is 0.615. The van der Waals surface area contributed by atoms with Crippen LogP contribution in [0.25, 0.3) is 0 Å². The molecule has 0 radical (unpaired) electrons. The zero-order valence-electron chi connectivity index (χ0n) is 10.7. The molecule has 0 bridgehead atoms. The molecule has 0 aromatic carbocycles. The third-order valence-corrected chi connectivity index (χ3v) is 2.77. The molecule has 3 heteroatoms. The highest BCUT2D eigenvalue weighted by Crippen LogP contribution is 2.15. The zero-order chi connectivity index (χ0) is 12.1. The molecule has 3 nitrogen and oxygen atoms in total. The Morgan fingerprint density at radius 1 is 1.38 bits per heavy atom. The van der Waals surface area contributed by atoms with Crippen LogP contribution in [-0.4, -0.2) is 23.6 Å². The number of ketones is 1. The smallest absolute Gasteiger partial charge is 0.190 e. The number of rotatable bonds is 6. The summed E-state index contributed by atoms with van der Waals surface area (Å²) in [6, 6.07) is 1.95. The molecule has 16 heavy (non-hydrogen) atoms. The van der Waals surface area contributed by atoms with Crippen molar-refractivity contribution in [1.82, 2.24) is 4.57 Å². The Balaban J connectivity index is 2.76. The average molecular weight is 223 g/mol. The molecule has 0 aliphatic heterocycles. The molecular weight excluding hydrogens is 202 g/mol. The van der Waals surface area contributed by atoms with Gasteiger partial charge in [-0.25, -0.2) is 0 Å². The van der Waals surface area contributed by atoms with E-state index >= 15 is 0 Å². The summed E-state index contributed by atoms with van der Waals surface area (Å²) >= 11 is 0. The van der Waals surface area contributed by atoms with Crippen molar-refractivity contribution in [3.8, 4) is 0 Å². The molecule has 1 rings (SSSR count). The first-order valence-electron chi connectivity index (χ1n) is 5.89. The van der Waals surface area contributed by atoms with Gasteiger partial charge in [-0.1, -0.05) is 6.92 Å². The third kappa shape index (κ3) is 2.73. The molecule has 0 N–H and O–H groups in total. The molecule has 0 saturated heterocycles. The second-order valence-corrected chi connectivity index (χ2v) is 4.00. The summed E-state index contributed by atoms with van der Waals surface area (Å²) in [6.45, 7) is 9.89. The van der Waals surface area contributed by atoms with E-state index in [1.807, 2.05) is 26.8 Å². The Morgan fingerprint density at radius 3 is 2.56 bits per heavy atom. The number of aromatic nitrogens is 1. The highest BCUT2D eigenvalue weighted by Gasteiger charge is 2.14. The fourth-order valence-electron chi connectivity index (χ4n) is 1.96. The summed E-state index contributed by atoms with van der Waals surface area (Å²) in [7, 11) is 0. The number of hydrogen-bond donors (Lipinski definition) is 0. The van der Waals surface area contributed by atoms with E-state index in [0.29, 0.717) is 6.61 Å². The summed E-state index contributed by atoms with van der Waals surface area (Å²) in [6.07, 6.45) is 0.946. The minimum atomic E-state index is 0.0845. The molecule has 1 aromatic heterocycles. The van der Waals surface area contributed by atoms with Gasteiger partial charge < -0.3 is 9.30 Å². The fourth-order valence-corrected chi connectivity index (χ4v) is 1.96. The van der Waals surface area contributed by atoms with Gasteiger partial charge in [-0.05, 0) is 33.3 Å². The molecule has 0 saturated carbocycles. The predicted octanol–water partition coefficient (Wildman–Crippen LogP) is 2.73. The van der Waals surface area contributed by atoms with Crippen LogP contribution in [0.2, 0.25) is 0 Å². The van der Waals surface area contributed by atoms with Gasteiger partial charge in [0.05, 0.1) is 0 Å². The van der Waals surface area contributed by atoms with Crippen molar-refractivity contribution < 1.29 is 9.53 Å². The summed E-state index contributed by atoms with van der Waals surface area (Å²) in [4.78, 5) is 11.9. The van der Waals surface area contributed by atoms with Crippen molar-refractivity contribution in [1.29, 1.82) is 0 Å². The van der Waals surface area contributed by atoms with Crippen molar-refractivity contribution in [3.63, 3.8) is 0 Å². The molecule has 1 aromatic rings. The minimum absolute atomic E-state index is 0.0845. The normalized spacial score (nSPS) is 10.8. The number of aryl methyl sites for hydroxylation is 1. The average Bonchev–Trinajstić information content (AvgIpc) is 2.54. The van der Waals surface area contributed by atoms with Crippen LogP contribution in [0.3, 0.4) is 0 Å². The van der Waals surface area contributed by atoms with Crippen LogP contribution < -0.4 is 0 Å². The number of Topliss-reactive ketones (excluding diaryl/α,β-unsaturated/α-hetero) is 1. The third-order valence-electron chi connectivity index (χ3n) is 2.77. The Morgan fingerprint density at radius 2 is 2.06 bits per heavy atom. The Bertz CT molecular complexity index is 366. The maximum atomic E-state index is 11.9. The van der Waals surface area contributed by atoms with Gasteiger partial charge in [0.1, 0.15) is 6.61 Å². The Hall–Kier alpha value is -1.09. The standard InChI is InChI=1S/C13H21NO2/c1-5-7-16-9-13(15)12-8-10(3)14(6-2)11(12)4/h8H,5-7,9H2,1-4H3. The highest BCUT2D eigenvalue weighted by atomic mass is 16.5. The van der Waals surface area contributed by atoms with Crippen molar-refractivity contribution in [2.45, 2.75) is 40.7 Å². The lowest BCUT2D eigenvalue weighted by molar-refractivity contribution is 0.0760. The number of nitrogens with zero attached hydrogens (tertiary/aromatic N) is 1. The van der Waals surface area contributed by atoms with Gasteiger partial charge in [0.15, 0.2) is 5.78 Å². The Labute approximate surface area is 97.4 Å². The van der Waals surface area contributed by atoms with E-state index < -0.39 is 0 Å². The molecule has 90 valence electrons. The van der Waals surface area contributed by atoms with E-state index in [-0.39, 0.29) is 12.4 Å². The molecule has 0 aliphatic carbocycles. The lowest BCUT2D eigenvalue weighted by Gasteiger charge is -2.05. The topological polar surface area (TPSA) is 31.2 Å². The van der Waals surface area contributed by atoms with Gasteiger partial charge >= 0.3 is 0 Å². The van der Waals surface area contributed by atoms with Gasteiger partial charge in [-0.3, -0.25) is 4.79 Å². The van der Waals surface area contributed by atoms with Crippen LogP contribution in [0.4, 0.5) is 0 Å². The van der Waals surface area contributed by atoms with Crippen molar-refractivity contribution in [3.05, 3.63) is 23.0 Å². The lowest BCUT2D eigenvalue weighted by Crippen LogP contribution is -2.11. The largest absolute Gasteiger partial charge is 0.373 e. The second kappa shape index (κ2) is 5.85. The molecule has 1 heterocycles. The van der Waals surface area contributed by atoms with Crippen LogP contribution in [0.1, 0.15) is 42.0 Å². The monoisotopic (exact) mass is 223 g/mol. The van der Waals surface area contributed by atoms with E-state index in [1.54, 1.807) is 0 Å². The van der Waals surface area contributed by atoms with E-state index in [1.165, 1.54) is 0 Å². The first kappa shape index (κ1) is 13.0. The Kier molecular flexibility index (Phi) is 4.74. The molecular formula is C13H21NO2. The number of hydrogen-bond acceptors (Lipinski definition) is 2. The molecule has 0 unspecified atom stereocenters. The van der Waals surface area contributed by atoms with E-state index in [0.717, 1.165) is 29.9 Å². The molecule has 0 amide bonds. The predicted molar refractivity (Wildman–Crippen MR) is 65.0 cm³/mol. The maximum absolute atomic E-state index is 11.9. The summed E-state index contributed by atoms with van der Waals surface area (Å²) in [5, 5.41) is 0. The van der Waals surface area contributed by atoms with Crippen molar-refractivity contribution in [2.75, 3.05) is 13.2 Å². The number of carbonyl (C=O) groups excluding carboxylic acids is 1. The van der Waals surface area contributed by atoms with Gasteiger partial charge in [-0.2, -0.15) is 0 Å². The molecule has 0 fully saturated rings. The van der Waals surface area contributed by atoms with Crippen LogP contribution >= 0.6 is 0 Å². The van der Waals surface area contributed by atoms with Gasteiger partial charge in [0.2, 0.25) is 0 Å². The SMILES string of the molecule is CCCOCC(=O)c1cc(C)n(CC)c1C. The first-order valence-corrected chi connectivity index (χ1v) is 5.89. The lowest BCUT2D eigenvalue weighted by atomic mass is 10.1. The summed E-state index contributed by atoms with van der Waals surface area (Å²) < 4.78 is 7.42. The van der Waals surface area contributed by atoms with Crippen LogP contribution in [0.5, 0.6) is 0 Å². The maximum Gasteiger partial charge on any atom is 0.190 e. The second-order valence-electron chi connectivity index (χ2n) is 4.00. The molecule has 0 spiro atoms. The van der Waals surface area contributed by atoms with Crippen molar-refractivity contribution >= 4 is 5.78 Å². The highest BCUT2D eigenvalue weighted by molar-refractivity contribution is 5.98. The van der Waals surface area contributed by atoms with Crippen LogP contribution in [-0.2, 0) is 11.3 Å². The summed E-state index contributed by atoms with van der Waals surface area (Å²) in [5.74, 6) is 0.0845. The van der Waals surface area contributed by atoms with Gasteiger partial charge in [0, 0.05) is 30.1 Å². The minimum Gasteiger partial charge on any atom is -0.373 e. The van der Waals surface area contributed by atoms with Crippen molar-refractivity contribution in [2.24, 2.45) is 0 Å². The van der Waals surface area contributed by atoms with Crippen LogP contribution in [0, 0.1) is 13.8 Å². The first-order chi connectivity index (χ1) is 7.61. The zero-order valence-corrected chi connectivity index (χ0v) is 10.7. The number of carbonyl (C=O) groups is 1. The molecule has 0 aliphatic rings. The van der Waals surface area contributed by atoms with Gasteiger partial charge in [-0.15, -0.1) is 0 Å². The molecule has 0 atom stereocenters. The van der Waals surface area contributed by atoms with E-state index in [2.05, 4.69) is 11.5 Å². The van der Waals surface area contributed by atoms with Crippen LogP contribution in [0.15, 0.2) is 6.07 Å². The van der Waals surface area contributed by atoms with Gasteiger partial charge in [0.25, 0.3) is 0 Å². The quantitative estimate of drug-likeness (QED) is 0.548. The summed E-state index contributed by atoms with van der Waals surface area (Å²) in [5.41, 5.74) is 2.99.